The molecule has 0 bridgehead atoms. The predicted molar refractivity (Wildman–Crippen MR) is 142 cm³/mol. The molecule has 5 rings (SSSR count). The normalized spacial score (nSPS) is 17.4. The van der Waals surface area contributed by atoms with E-state index in [-0.39, 0.29) is 5.75 Å². The van der Waals surface area contributed by atoms with Crippen LogP contribution in [0.15, 0.2) is 30.7 Å². The number of pyridine rings is 1. The Balaban J connectivity index is 1.52. The molecule has 0 amide bonds. The molecule has 0 saturated carbocycles. The number of sulfone groups is 1. The van der Waals surface area contributed by atoms with Crippen molar-refractivity contribution < 1.29 is 8.42 Å². The standard InChI is InChI=1S/C27H35N5O2S/c1-17(2)25-22-14-20(13-21-7-6-10-31(21)11-12-35(5,33)34)8-9-24(22)29-26(25)23-15-32-16-28-30-27(32)19(4)18(23)3/h8-9,14-17,21,29H,6-7,10-13H2,1-5H3. The first-order chi connectivity index (χ1) is 16.6. The summed E-state index contributed by atoms with van der Waals surface area (Å²) in [6.45, 7) is 10.4. The number of benzene rings is 1. The first kappa shape index (κ1) is 24.0. The van der Waals surface area contributed by atoms with E-state index in [9.17, 15) is 8.42 Å². The van der Waals surface area contributed by atoms with E-state index >= 15 is 0 Å². The van der Waals surface area contributed by atoms with Crippen LogP contribution < -0.4 is 0 Å². The van der Waals surface area contributed by atoms with E-state index in [1.54, 1.807) is 6.33 Å². The van der Waals surface area contributed by atoms with Crippen molar-refractivity contribution in [3.05, 3.63) is 53.0 Å². The molecule has 1 unspecified atom stereocenters. The van der Waals surface area contributed by atoms with Gasteiger partial charge in [0.2, 0.25) is 0 Å². The first-order valence-electron chi connectivity index (χ1n) is 12.5. The maximum Gasteiger partial charge on any atom is 0.163 e. The molecule has 4 aromatic rings. The van der Waals surface area contributed by atoms with Crippen molar-refractivity contribution in [2.24, 2.45) is 0 Å². The summed E-state index contributed by atoms with van der Waals surface area (Å²) < 4.78 is 25.4. The molecule has 0 radical (unpaired) electrons. The number of aromatic nitrogens is 4. The number of likely N-dealkylation sites (tertiary alicyclic amines) is 1. The lowest BCUT2D eigenvalue weighted by atomic mass is 9.93. The fraction of sp³-hybridized carbons (Fsp3) is 0.481. The van der Waals surface area contributed by atoms with E-state index in [1.165, 1.54) is 39.6 Å². The van der Waals surface area contributed by atoms with E-state index in [0.717, 1.165) is 42.5 Å². The molecule has 4 heterocycles. The molecule has 3 aromatic heterocycles. The SMILES string of the molecule is Cc1c(-c2[nH]c3ccc(CC4CCCN4CCS(C)(=O)=O)cc3c2C(C)C)cn2cnnc2c1C. The second kappa shape index (κ2) is 9.06. The lowest BCUT2D eigenvalue weighted by Crippen LogP contribution is -2.34. The minimum Gasteiger partial charge on any atom is -0.354 e. The van der Waals surface area contributed by atoms with Gasteiger partial charge in [0, 0.05) is 41.5 Å². The van der Waals surface area contributed by atoms with Crippen molar-refractivity contribution in [2.75, 3.05) is 25.1 Å². The molecule has 1 saturated heterocycles. The molecule has 1 N–H and O–H groups in total. The highest BCUT2D eigenvalue weighted by atomic mass is 32.2. The van der Waals surface area contributed by atoms with Crippen LogP contribution in [-0.4, -0.2) is 64.0 Å². The summed E-state index contributed by atoms with van der Waals surface area (Å²) in [6, 6.07) is 7.17. The molecule has 7 nitrogen and oxygen atoms in total. The zero-order valence-corrected chi connectivity index (χ0v) is 22.1. The third kappa shape index (κ3) is 4.61. The number of hydrogen-bond donors (Lipinski definition) is 1. The van der Waals surface area contributed by atoms with Crippen LogP contribution in [0.1, 0.15) is 54.9 Å². The average molecular weight is 494 g/mol. The third-order valence-electron chi connectivity index (χ3n) is 7.61. The van der Waals surface area contributed by atoms with Crippen LogP contribution in [0.2, 0.25) is 0 Å². The second-order valence-corrected chi connectivity index (χ2v) is 12.7. The number of fused-ring (bicyclic) bond motifs is 2. The minimum atomic E-state index is -2.95. The Bertz CT molecular complexity index is 1500. The molecule has 35 heavy (non-hydrogen) atoms. The van der Waals surface area contributed by atoms with Crippen LogP contribution in [0.4, 0.5) is 0 Å². The molecule has 0 aliphatic carbocycles. The van der Waals surface area contributed by atoms with Gasteiger partial charge < -0.3 is 4.98 Å². The van der Waals surface area contributed by atoms with Gasteiger partial charge in [-0.1, -0.05) is 19.9 Å². The first-order valence-corrected chi connectivity index (χ1v) is 14.5. The van der Waals surface area contributed by atoms with Gasteiger partial charge in [-0.2, -0.15) is 0 Å². The van der Waals surface area contributed by atoms with Crippen LogP contribution in [0.25, 0.3) is 27.8 Å². The molecule has 1 aliphatic heterocycles. The summed E-state index contributed by atoms with van der Waals surface area (Å²) in [5.74, 6) is 0.583. The zero-order valence-electron chi connectivity index (χ0n) is 21.3. The summed E-state index contributed by atoms with van der Waals surface area (Å²) >= 11 is 0. The van der Waals surface area contributed by atoms with Crippen molar-refractivity contribution >= 4 is 26.4 Å². The van der Waals surface area contributed by atoms with Crippen LogP contribution in [0.5, 0.6) is 0 Å². The Hall–Kier alpha value is -2.71. The summed E-state index contributed by atoms with van der Waals surface area (Å²) in [7, 11) is -2.95. The van der Waals surface area contributed by atoms with Crippen LogP contribution in [0, 0.1) is 13.8 Å². The molecule has 1 fully saturated rings. The highest BCUT2D eigenvalue weighted by Gasteiger charge is 2.26. The van der Waals surface area contributed by atoms with Crippen LogP contribution in [-0.2, 0) is 16.3 Å². The number of aryl methyl sites for hydroxylation is 1. The van der Waals surface area contributed by atoms with E-state index < -0.39 is 9.84 Å². The Labute approximate surface area is 207 Å². The summed E-state index contributed by atoms with van der Waals surface area (Å²) in [4.78, 5) is 6.08. The van der Waals surface area contributed by atoms with Crippen molar-refractivity contribution in [3.8, 4) is 11.3 Å². The fourth-order valence-corrected chi connectivity index (χ4v) is 6.20. The Morgan fingerprint density at radius 3 is 2.74 bits per heavy atom. The van der Waals surface area contributed by atoms with Gasteiger partial charge >= 0.3 is 0 Å². The molecular weight excluding hydrogens is 458 g/mol. The smallest absolute Gasteiger partial charge is 0.163 e. The Morgan fingerprint density at radius 2 is 2.00 bits per heavy atom. The Kier molecular flexibility index (Phi) is 6.21. The number of H-pyrrole nitrogens is 1. The maximum atomic E-state index is 11.7. The van der Waals surface area contributed by atoms with Crippen molar-refractivity contribution in [1.82, 2.24) is 24.5 Å². The summed E-state index contributed by atoms with van der Waals surface area (Å²) in [5.41, 5.74) is 9.39. The van der Waals surface area contributed by atoms with Gasteiger partial charge in [-0.05, 0) is 80.0 Å². The summed E-state index contributed by atoms with van der Waals surface area (Å²) in [6.07, 6.45) is 8.42. The molecule has 1 atom stereocenters. The molecule has 1 aliphatic rings. The topological polar surface area (TPSA) is 83.4 Å². The maximum absolute atomic E-state index is 11.7. The number of hydrogen-bond acceptors (Lipinski definition) is 5. The third-order valence-corrected chi connectivity index (χ3v) is 8.54. The van der Waals surface area contributed by atoms with Gasteiger partial charge in [-0.15, -0.1) is 10.2 Å². The van der Waals surface area contributed by atoms with Gasteiger partial charge in [0.15, 0.2) is 5.65 Å². The number of nitrogens with one attached hydrogen (secondary N) is 1. The predicted octanol–water partition coefficient (Wildman–Crippen LogP) is 4.67. The van der Waals surface area contributed by atoms with Crippen molar-refractivity contribution in [3.63, 3.8) is 0 Å². The van der Waals surface area contributed by atoms with E-state index in [4.69, 9.17) is 0 Å². The molecule has 1 aromatic carbocycles. The number of aromatic amines is 1. The molecule has 8 heteroatoms. The number of rotatable bonds is 7. The second-order valence-electron chi connectivity index (χ2n) is 10.5. The molecule has 0 spiro atoms. The lowest BCUT2D eigenvalue weighted by molar-refractivity contribution is 0.267. The van der Waals surface area contributed by atoms with E-state index in [2.05, 4.69) is 72.2 Å². The van der Waals surface area contributed by atoms with Crippen molar-refractivity contribution in [1.29, 1.82) is 0 Å². The zero-order chi connectivity index (χ0) is 24.9. The summed E-state index contributed by atoms with van der Waals surface area (Å²) in [5, 5.41) is 9.64. The van der Waals surface area contributed by atoms with Gasteiger partial charge in [-0.3, -0.25) is 9.30 Å². The lowest BCUT2D eigenvalue weighted by Gasteiger charge is -2.24. The van der Waals surface area contributed by atoms with E-state index in [1.807, 2.05) is 4.40 Å². The highest BCUT2D eigenvalue weighted by Crippen LogP contribution is 2.38. The Morgan fingerprint density at radius 1 is 1.20 bits per heavy atom. The fourth-order valence-electron chi connectivity index (χ4n) is 5.64. The quantitative estimate of drug-likeness (QED) is 0.405. The monoisotopic (exact) mass is 493 g/mol. The highest BCUT2D eigenvalue weighted by molar-refractivity contribution is 7.90. The largest absolute Gasteiger partial charge is 0.354 e. The van der Waals surface area contributed by atoms with Gasteiger partial charge in [0.25, 0.3) is 0 Å². The molecule has 186 valence electrons. The van der Waals surface area contributed by atoms with Gasteiger partial charge in [-0.25, -0.2) is 8.42 Å². The number of nitrogens with zero attached hydrogens (tertiary/aromatic N) is 4. The van der Waals surface area contributed by atoms with Crippen LogP contribution >= 0.6 is 0 Å². The molecular formula is C27H35N5O2S. The average Bonchev–Trinajstić information content (AvgIpc) is 3.52. The van der Waals surface area contributed by atoms with Crippen LogP contribution in [0.3, 0.4) is 0 Å². The van der Waals surface area contributed by atoms with Gasteiger partial charge in [0.05, 0.1) is 11.4 Å². The van der Waals surface area contributed by atoms with Crippen molar-refractivity contribution in [2.45, 2.75) is 58.9 Å². The minimum absolute atomic E-state index is 0.233. The van der Waals surface area contributed by atoms with Gasteiger partial charge in [0.1, 0.15) is 16.2 Å². The van der Waals surface area contributed by atoms with E-state index in [0.29, 0.717) is 18.5 Å².